The molecule has 0 spiro atoms. The third kappa shape index (κ3) is 5.52. The molecule has 0 radical (unpaired) electrons. The second-order valence-electron chi connectivity index (χ2n) is 3.47. The van der Waals surface area contributed by atoms with E-state index in [4.69, 9.17) is 0 Å². The lowest BCUT2D eigenvalue weighted by Crippen LogP contribution is -2.07. The molecular weight excluding hydrogens is 243 g/mol. The van der Waals surface area contributed by atoms with Gasteiger partial charge in [0.15, 0.2) is 0 Å². The molecule has 0 heterocycles. The van der Waals surface area contributed by atoms with Crippen LogP contribution in [-0.4, -0.2) is 17.7 Å². The first-order valence-electron chi connectivity index (χ1n) is 5.25. The molecule has 1 aromatic rings. The van der Waals surface area contributed by atoms with Crippen LogP contribution in [0.1, 0.15) is 18.9 Å². The Balaban J connectivity index is 2.51. The van der Waals surface area contributed by atoms with Crippen LogP contribution in [0.4, 0.5) is 4.79 Å². The first kappa shape index (κ1) is 13.7. The monoisotopic (exact) mass is 258 g/mol. The van der Waals surface area contributed by atoms with Crippen molar-refractivity contribution in [2.75, 3.05) is 6.61 Å². The number of hydrogen-bond donors (Lipinski definition) is 1. The Kier molecular flexibility index (Phi) is 5.19. The van der Waals surface area contributed by atoms with Crippen LogP contribution in [-0.2, 0) is 20.0 Å². The van der Waals surface area contributed by atoms with Crippen LogP contribution in [0.3, 0.4) is 0 Å². The quantitative estimate of drug-likeness (QED) is 0.649. The van der Waals surface area contributed by atoms with Gasteiger partial charge in [0.1, 0.15) is 0 Å². The smallest absolute Gasteiger partial charge is 0.434 e. The van der Waals surface area contributed by atoms with Crippen molar-refractivity contribution in [3.05, 3.63) is 35.9 Å². The molecule has 94 valence electrons. The summed E-state index contributed by atoms with van der Waals surface area (Å²) in [7, 11) is -3.99. The van der Waals surface area contributed by atoms with Crippen LogP contribution in [0.5, 0.6) is 0 Å². The Morgan fingerprint density at radius 2 is 2.00 bits per heavy atom. The molecule has 1 atom stereocenters. The van der Waals surface area contributed by atoms with Gasteiger partial charge in [0.05, 0.1) is 12.8 Å². The van der Waals surface area contributed by atoms with Gasteiger partial charge in [0.25, 0.3) is 0 Å². The Morgan fingerprint density at radius 1 is 1.35 bits per heavy atom. The van der Waals surface area contributed by atoms with E-state index in [1.165, 1.54) is 0 Å². The Bertz CT molecular complexity index is 404. The molecule has 0 amide bonds. The number of rotatable bonds is 5. The molecule has 6 heteroatoms. The zero-order chi connectivity index (χ0) is 12.7. The van der Waals surface area contributed by atoms with Crippen LogP contribution >= 0.6 is 7.60 Å². The molecule has 1 aromatic carbocycles. The molecule has 5 nitrogen and oxygen atoms in total. The van der Waals surface area contributed by atoms with Gasteiger partial charge in [0, 0.05) is 0 Å². The number of carbonyl (C=O) groups is 1. The van der Waals surface area contributed by atoms with Crippen molar-refractivity contribution in [1.82, 2.24) is 0 Å². The lowest BCUT2D eigenvalue weighted by Gasteiger charge is -2.11. The average Bonchev–Trinajstić information content (AvgIpc) is 2.26. The third-order valence-electron chi connectivity index (χ3n) is 1.87. The summed E-state index contributed by atoms with van der Waals surface area (Å²) in [6.45, 7) is 1.99. The molecule has 0 aromatic heterocycles. The van der Waals surface area contributed by atoms with E-state index in [-0.39, 0.29) is 12.8 Å². The summed E-state index contributed by atoms with van der Waals surface area (Å²) in [6, 6.07) is 8.64. The highest BCUT2D eigenvalue weighted by Crippen LogP contribution is 2.45. The van der Waals surface area contributed by atoms with E-state index in [2.05, 4.69) is 9.26 Å². The fourth-order valence-corrected chi connectivity index (χ4v) is 2.20. The third-order valence-corrected chi connectivity index (χ3v) is 3.07. The number of carbonyl (C=O) groups excluding carboxylic acids is 1. The van der Waals surface area contributed by atoms with Gasteiger partial charge in [-0.2, -0.15) is 0 Å². The van der Waals surface area contributed by atoms with Gasteiger partial charge in [-0.25, -0.2) is 9.36 Å². The first-order chi connectivity index (χ1) is 8.03. The van der Waals surface area contributed by atoms with Crippen LogP contribution < -0.4 is 0 Å². The van der Waals surface area contributed by atoms with Gasteiger partial charge in [-0.3, -0.25) is 0 Å². The molecule has 0 saturated carbocycles. The molecule has 0 fully saturated rings. The molecule has 0 bridgehead atoms. The summed E-state index contributed by atoms with van der Waals surface area (Å²) in [5, 5.41) is 0. The lowest BCUT2D eigenvalue weighted by atomic mass is 10.2. The van der Waals surface area contributed by atoms with Gasteiger partial charge in [0.2, 0.25) is 0 Å². The fourth-order valence-electron chi connectivity index (χ4n) is 1.17. The van der Waals surface area contributed by atoms with Gasteiger partial charge >= 0.3 is 13.8 Å². The van der Waals surface area contributed by atoms with E-state index in [1.54, 1.807) is 30.3 Å². The zero-order valence-corrected chi connectivity index (χ0v) is 10.4. The van der Waals surface area contributed by atoms with Gasteiger partial charge in [-0.1, -0.05) is 37.3 Å². The molecular formula is C11H15O5P. The molecule has 0 aliphatic heterocycles. The second kappa shape index (κ2) is 6.42. The van der Waals surface area contributed by atoms with Crippen molar-refractivity contribution in [1.29, 1.82) is 0 Å². The van der Waals surface area contributed by atoms with Gasteiger partial charge < -0.3 is 14.2 Å². The topological polar surface area (TPSA) is 72.8 Å². The van der Waals surface area contributed by atoms with E-state index < -0.39 is 13.8 Å². The number of ether oxygens (including phenoxy) is 1. The summed E-state index contributed by atoms with van der Waals surface area (Å²) < 4.78 is 20.6. The Morgan fingerprint density at radius 3 is 2.59 bits per heavy atom. The molecule has 1 unspecified atom stereocenters. The van der Waals surface area contributed by atoms with Crippen LogP contribution in [0.25, 0.3) is 0 Å². The highest BCUT2D eigenvalue weighted by atomic mass is 31.2. The van der Waals surface area contributed by atoms with Crippen molar-refractivity contribution in [3.8, 4) is 0 Å². The summed E-state index contributed by atoms with van der Waals surface area (Å²) >= 11 is 0. The van der Waals surface area contributed by atoms with Crippen LogP contribution in [0, 0.1) is 0 Å². The predicted molar refractivity (Wildman–Crippen MR) is 62.7 cm³/mol. The first-order valence-corrected chi connectivity index (χ1v) is 7.02. The van der Waals surface area contributed by atoms with Crippen molar-refractivity contribution in [2.24, 2.45) is 0 Å². The average molecular weight is 258 g/mol. The van der Waals surface area contributed by atoms with Crippen LogP contribution in [0.15, 0.2) is 30.3 Å². The number of hydrogen-bond acceptors (Lipinski definition) is 4. The lowest BCUT2D eigenvalue weighted by molar-refractivity contribution is 0.0948. The zero-order valence-electron chi connectivity index (χ0n) is 9.54. The maximum absolute atomic E-state index is 11.6. The predicted octanol–water partition coefficient (Wildman–Crippen LogP) is 2.94. The summed E-state index contributed by atoms with van der Waals surface area (Å²) in [5.41, 5.74) is 0.627. The van der Waals surface area contributed by atoms with Crippen molar-refractivity contribution in [3.63, 3.8) is 0 Å². The summed E-state index contributed by atoms with van der Waals surface area (Å²) in [4.78, 5) is 20.5. The van der Waals surface area contributed by atoms with E-state index in [1.807, 2.05) is 6.92 Å². The SMILES string of the molecule is CCCOC(=O)OP(=O)(O)Cc1ccccc1. The minimum absolute atomic E-state index is 0.171. The molecule has 0 aliphatic rings. The summed E-state index contributed by atoms with van der Waals surface area (Å²) in [5.74, 6) is 0. The standard InChI is InChI=1S/C11H15O5P/c1-2-8-15-11(12)16-17(13,14)9-10-6-4-3-5-7-10/h3-7H,2,8-9H2,1H3,(H,13,14). The number of benzene rings is 1. The summed E-state index contributed by atoms with van der Waals surface area (Å²) in [6.07, 6.45) is -0.688. The Hall–Kier alpha value is -1.32. The second-order valence-corrected chi connectivity index (χ2v) is 5.24. The maximum atomic E-state index is 11.6. The fraction of sp³-hybridized carbons (Fsp3) is 0.364. The van der Waals surface area contributed by atoms with Crippen molar-refractivity contribution >= 4 is 13.8 Å². The highest BCUT2D eigenvalue weighted by Gasteiger charge is 2.25. The molecule has 0 saturated heterocycles. The molecule has 0 aliphatic carbocycles. The van der Waals surface area contributed by atoms with E-state index in [0.29, 0.717) is 12.0 Å². The Labute approximate surface area is 99.9 Å². The van der Waals surface area contributed by atoms with Crippen LogP contribution in [0.2, 0.25) is 0 Å². The normalized spacial score (nSPS) is 13.8. The molecule has 1 N–H and O–H groups in total. The molecule has 1 rings (SSSR count). The maximum Gasteiger partial charge on any atom is 0.514 e. The molecule has 17 heavy (non-hydrogen) atoms. The largest absolute Gasteiger partial charge is 0.514 e. The van der Waals surface area contributed by atoms with Gasteiger partial charge in [-0.15, -0.1) is 0 Å². The minimum Gasteiger partial charge on any atom is -0.434 e. The van der Waals surface area contributed by atoms with E-state index in [0.717, 1.165) is 0 Å². The van der Waals surface area contributed by atoms with Gasteiger partial charge in [-0.05, 0) is 12.0 Å². The van der Waals surface area contributed by atoms with Crippen molar-refractivity contribution < 1.29 is 23.5 Å². The van der Waals surface area contributed by atoms with E-state index >= 15 is 0 Å². The minimum atomic E-state index is -3.99. The van der Waals surface area contributed by atoms with Crippen molar-refractivity contribution in [2.45, 2.75) is 19.5 Å². The van der Waals surface area contributed by atoms with E-state index in [9.17, 15) is 14.3 Å². The highest BCUT2D eigenvalue weighted by molar-refractivity contribution is 7.52.